The number of nitrogens with zero attached hydrogens (tertiary/aromatic N) is 1. The minimum absolute atomic E-state index is 0.153. The summed E-state index contributed by atoms with van der Waals surface area (Å²) in [5, 5.41) is 5.55. The fourth-order valence-corrected chi connectivity index (χ4v) is 5.12. The first-order valence-electron chi connectivity index (χ1n) is 9.74. The Bertz CT molecular complexity index is 981. The van der Waals surface area contributed by atoms with Crippen LogP contribution < -0.4 is 10.6 Å². The minimum atomic E-state index is -3.64. The van der Waals surface area contributed by atoms with Gasteiger partial charge in [0.05, 0.1) is 10.8 Å². The molecule has 1 atom stereocenters. The first-order valence-corrected chi connectivity index (χ1v) is 12.0. The van der Waals surface area contributed by atoms with Gasteiger partial charge in [-0.05, 0) is 49.2 Å². The van der Waals surface area contributed by atoms with Gasteiger partial charge in [0.1, 0.15) is 0 Å². The zero-order valence-electron chi connectivity index (χ0n) is 16.4. The standard InChI is InChI=1S/C21H24BrN3O4S/c22-18-8-10-19(11-9-18)30(28,29)25-14-4-7-17(15-25)21(27)24-13-12-23-20(26)16-5-2-1-3-6-16/h1-3,5-6,8-11,17H,4,7,12-15H2,(H,23,26)(H,24,27)/t17-/m1/s1. The lowest BCUT2D eigenvalue weighted by Gasteiger charge is -2.31. The topological polar surface area (TPSA) is 95.6 Å². The highest BCUT2D eigenvalue weighted by Crippen LogP contribution is 2.24. The molecule has 30 heavy (non-hydrogen) atoms. The van der Waals surface area contributed by atoms with E-state index in [0.29, 0.717) is 31.5 Å². The summed E-state index contributed by atoms with van der Waals surface area (Å²) in [6.45, 7) is 1.14. The number of nitrogens with one attached hydrogen (secondary N) is 2. The SMILES string of the molecule is O=C(NCCNC(=O)[C@@H]1CCCN(S(=O)(=O)c2ccc(Br)cc2)C1)c1ccccc1. The second kappa shape index (κ2) is 10.2. The van der Waals surface area contributed by atoms with Gasteiger partial charge in [0.15, 0.2) is 0 Å². The summed E-state index contributed by atoms with van der Waals surface area (Å²) in [7, 11) is -3.64. The zero-order valence-corrected chi connectivity index (χ0v) is 18.8. The molecule has 0 aliphatic carbocycles. The monoisotopic (exact) mass is 493 g/mol. The van der Waals surface area contributed by atoms with Crippen LogP contribution in [0.3, 0.4) is 0 Å². The van der Waals surface area contributed by atoms with Crippen LogP contribution in [0.2, 0.25) is 0 Å². The summed E-state index contributed by atoms with van der Waals surface area (Å²) < 4.78 is 27.9. The van der Waals surface area contributed by atoms with Crippen molar-refractivity contribution in [3.05, 3.63) is 64.6 Å². The number of rotatable bonds is 7. The van der Waals surface area contributed by atoms with Crippen molar-refractivity contribution in [2.45, 2.75) is 17.7 Å². The van der Waals surface area contributed by atoms with Gasteiger partial charge >= 0.3 is 0 Å². The minimum Gasteiger partial charge on any atom is -0.354 e. The van der Waals surface area contributed by atoms with Crippen LogP contribution in [0.4, 0.5) is 0 Å². The summed E-state index contributed by atoms with van der Waals surface area (Å²) in [4.78, 5) is 24.7. The van der Waals surface area contributed by atoms with Crippen molar-refractivity contribution in [1.82, 2.24) is 14.9 Å². The summed E-state index contributed by atoms with van der Waals surface area (Å²) in [5.41, 5.74) is 0.560. The van der Waals surface area contributed by atoms with E-state index in [9.17, 15) is 18.0 Å². The molecule has 0 bridgehead atoms. The number of carbonyl (C=O) groups is 2. The molecule has 1 aliphatic rings. The van der Waals surface area contributed by atoms with Crippen LogP contribution in [0.15, 0.2) is 64.0 Å². The van der Waals surface area contributed by atoms with Gasteiger partial charge in [-0.1, -0.05) is 34.1 Å². The summed E-state index contributed by atoms with van der Waals surface area (Å²) in [6, 6.07) is 15.3. The molecular weight excluding hydrogens is 470 g/mol. The molecule has 0 aromatic heterocycles. The Morgan fingerprint density at radius 2 is 1.67 bits per heavy atom. The molecule has 2 N–H and O–H groups in total. The molecule has 0 radical (unpaired) electrons. The van der Waals surface area contributed by atoms with Gasteiger partial charge in [-0.25, -0.2) is 8.42 Å². The molecule has 2 amide bonds. The van der Waals surface area contributed by atoms with Crippen molar-refractivity contribution in [2.24, 2.45) is 5.92 Å². The number of hydrogen-bond acceptors (Lipinski definition) is 4. The van der Waals surface area contributed by atoms with E-state index >= 15 is 0 Å². The predicted octanol–water partition coefficient (Wildman–Crippen LogP) is 2.40. The van der Waals surface area contributed by atoms with E-state index < -0.39 is 15.9 Å². The number of piperidine rings is 1. The first-order chi connectivity index (χ1) is 14.4. The molecule has 1 aliphatic heterocycles. The van der Waals surface area contributed by atoms with Gasteiger partial charge < -0.3 is 10.6 Å². The highest BCUT2D eigenvalue weighted by molar-refractivity contribution is 9.10. The van der Waals surface area contributed by atoms with E-state index in [0.717, 1.165) is 4.47 Å². The molecule has 0 spiro atoms. The molecule has 9 heteroatoms. The lowest BCUT2D eigenvalue weighted by atomic mass is 9.99. The lowest BCUT2D eigenvalue weighted by Crippen LogP contribution is -2.46. The van der Waals surface area contributed by atoms with E-state index in [1.54, 1.807) is 48.5 Å². The second-order valence-corrected chi connectivity index (χ2v) is 9.92. The third-order valence-corrected chi connectivity index (χ3v) is 7.36. The maximum absolute atomic E-state index is 12.9. The van der Waals surface area contributed by atoms with E-state index in [-0.39, 0.29) is 29.8 Å². The van der Waals surface area contributed by atoms with Crippen molar-refractivity contribution >= 4 is 37.8 Å². The van der Waals surface area contributed by atoms with Crippen molar-refractivity contribution in [2.75, 3.05) is 26.2 Å². The number of hydrogen-bond donors (Lipinski definition) is 2. The second-order valence-electron chi connectivity index (χ2n) is 7.07. The maximum atomic E-state index is 12.9. The number of amides is 2. The Morgan fingerprint density at radius 3 is 2.37 bits per heavy atom. The van der Waals surface area contributed by atoms with Gasteiger partial charge in [0.2, 0.25) is 15.9 Å². The van der Waals surface area contributed by atoms with Crippen LogP contribution in [0.1, 0.15) is 23.2 Å². The molecule has 1 heterocycles. The Kier molecular flexibility index (Phi) is 7.63. The molecule has 160 valence electrons. The van der Waals surface area contributed by atoms with E-state index in [1.165, 1.54) is 4.31 Å². The van der Waals surface area contributed by atoms with Gasteiger partial charge in [0, 0.05) is 36.2 Å². The van der Waals surface area contributed by atoms with Crippen LogP contribution in [0.5, 0.6) is 0 Å². The van der Waals surface area contributed by atoms with Crippen molar-refractivity contribution < 1.29 is 18.0 Å². The van der Waals surface area contributed by atoms with Crippen LogP contribution in [0, 0.1) is 5.92 Å². The molecule has 2 aromatic carbocycles. The third kappa shape index (κ3) is 5.68. The van der Waals surface area contributed by atoms with Crippen LogP contribution in [-0.4, -0.2) is 50.7 Å². The van der Waals surface area contributed by atoms with Gasteiger partial charge in [-0.15, -0.1) is 0 Å². The number of halogens is 1. The molecule has 1 saturated heterocycles. The average molecular weight is 494 g/mol. The van der Waals surface area contributed by atoms with Crippen LogP contribution in [-0.2, 0) is 14.8 Å². The van der Waals surface area contributed by atoms with Crippen molar-refractivity contribution in [3.63, 3.8) is 0 Å². The average Bonchev–Trinajstić information content (AvgIpc) is 2.77. The quantitative estimate of drug-likeness (QED) is 0.578. The molecule has 0 unspecified atom stereocenters. The zero-order chi connectivity index (χ0) is 21.6. The van der Waals surface area contributed by atoms with E-state index in [1.807, 2.05) is 6.07 Å². The smallest absolute Gasteiger partial charge is 0.251 e. The van der Waals surface area contributed by atoms with E-state index in [2.05, 4.69) is 26.6 Å². The molecular formula is C21H24BrN3O4S. The summed E-state index contributed by atoms with van der Waals surface area (Å²) >= 11 is 3.30. The number of benzene rings is 2. The first kappa shape index (κ1) is 22.5. The van der Waals surface area contributed by atoms with Crippen molar-refractivity contribution in [1.29, 1.82) is 0 Å². The molecule has 3 rings (SSSR count). The highest BCUT2D eigenvalue weighted by Gasteiger charge is 2.33. The Labute approximate surface area is 185 Å². The normalized spacial score (nSPS) is 17.3. The number of carbonyl (C=O) groups excluding carboxylic acids is 2. The third-order valence-electron chi connectivity index (χ3n) is 4.95. The molecule has 2 aromatic rings. The van der Waals surface area contributed by atoms with Gasteiger partial charge in [0.25, 0.3) is 5.91 Å². The maximum Gasteiger partial charge on any atom is 0.251 e. The van der Waals surface area contributed by atoms with Gasteiger partial charge in [-0.2, -0.15) is 4.31 Å². The Balaban J connectivity index is 1.49. The summed E-state index contributed by atoms with van der Waals surface area (Å²) in [5.74, 6) is -0.803. The molecule has 0 saturated carbocycles. The largest absolute Gasteiger partial charge is 0.354 e. The fraction of sp³-hybridized carbons (Fsp3) is 0.333. The van der Waals surface area contributed by atoms with Crippen LogP contribution >= 0.6 is 15.9 Å². The molecule has 7 nitrogen and oxygen atoms in total. The van der Waals surface area contributed by atoms with Gasteiger partial charge in [-0.3, -0.25) is 9.59 Å². The highest BCUT2D eigenvalue weighted by atomic mass is 79.9. The molecule has 1 fully saturated rings. The summed E-state index contributed by atoms with van der Waals surface area (Å²) in [6.07, 6.45) is 1.26. The van der Waals surface area contributed by atoms with Crippen LogP contribution in [0.25, 0.3) is 0 Å². The Hall–Kier alpha value is -2.23. The Morgan fingerprint density at radius 1 is 1.00 bits per heavy atom. The lowest BCUT2D eigenvalue weighted by molar-refractivity contribution is -0.126. The number of sulfonamides is 1. The predicted molar refractivity (Wildman–Crippen MR) is 117 cm³/mol. The van der Waals surface area contributed by atoms with E-state index in [4.69, 9.17) is 0 Å². The van der Waals surface area contributed by atoms with Crippen molar-refractivity contribution in [3.8, 4) is 0 Å². The fourth-order valence-electron chi connectivity index (χ4n) is 3.33.